The van der Waals surface area contributed by atoms with E-state index < -0.39 is 29.8 Å². The van der Waals surface area contributed by atoms with E-state index in [1.165, 1.54) is 0 Å². The fraction of sp³-hybridized carbons (Fsp3) is 0.323. The van der Waals surface area contributed by atoms with Crippen LogP contribution in [0.2, 0.25) is 0 Å². The summed E-state index contributed by atoms with van der Waals surface area (Å²) >= 11 is 0. The van der Waals surface area contributed by atoms with Crippen LogP contribution in [-0.2, 0) is 14.3 Å². The van der Waals surface area contributed by atoms with Crippen LogP contribution in [-0.4, -0.2) is 48.1 Å². The molecule has 0 bridgehead atoms. The van der Waals surface area contributed by atoms with Gasteiger partial charge in [0.1, 0.15) is 18.2 Å². The molecular formula is C31H32N2O6. The zero-order valence-electron chi connectivity index (χ0n) is 22.2. The first-order chi connectivity index (χ1) is 18.6. The van der Waals surface area contributed by atoms with Crippen molar-refractivity contribution >= 4 is 23.8 Å². The molecule has 0 saturated carbocycles. The van der Waals surface area contributed by atoms with Crippen molar-refractivity contribution in [1.29, 1.82) is 0 Å². The average molecular weight is 529 g/mol. The largest absolute Gasteiger partial charge is 0.480 e. The Hall–Kier alpha value is -4.33. The molecule has 0 aromatic heterocycles. The summed E-state index contributed by atoms with van der Waals surface area (Å²) in [5.74, 6) is -1.54. The molecule has 39 heavy (non-hydrogen) atoms. The fourth-order valence-electron chi connectivity index (χ4n) is 5.50. The van der Waals surface area contributed by atoms with E-state index in [2.05, 4.69) is 29.6 Å². The summed E-state index contributed by atoms with van der Waals surface area (Å²) < 4.78 is 11.1. The number of nitrogens with zero attached hydrogens (tertiary/aromatic N) is 1. The van der Waals surface area contributed by atoms with Gasteiger partial charge in [0.25, 0.3) is 0 Å². The lowest BCUT2D eigenvalue weighted by Gasteiger charge is -2.23. The second-order valence-electron chi connectivity index (χ2n) is 10.9. The number of anilines is 1. The first kappa shape index (κ1) is 26.3. The third-order valence-corrected chi connectivity index (χ3v) is 7.14. The summed E-state index contributed by atoms with van der Waals surface area (Å²) in [7, 11) is 0. The van der Waals surface area contributed by atoms with Gasteiger partial charge in [0.2, 0.25) is 0 Å². The third-order valence-electron chi connectivity index (χ3n) is 7.14. The number of benzene rings is 3. The molecule has 0 saturated heterocycles. The number of rotatable bonds is 6. The molecule has 1 unspecified atom stereocenters. The van der Waals surface area contributed by atoms with Crippen molar-refractivity contribution in [3.8, 4) is 11.1 Å². The highest BCUT2D eigenvalue weighted by Gasteiger charge is 2.37. The van der Waals surface area contributed by atoms with Crippen LogP contribution in [0, 0.1) is 0 Å². The van der Waals surface area contributed by atoms with Gasteiger partial charge in [-0.1, -0.05) is 66.7 Å². The smallest absolute Gasteiger partial charge is 0.414 e. The van der Waals surface area contributed by atoms with Gasteiger partial charge in [-0.05, 0) is 61.1 Å². The number of carbonyl (C=O) groups excluding carboxylic acids is 2. The van der Waals surface area contributed by atoms with Crippen LogP contribution in [0.1, 0.15) is 55.7 Å². The molecule has 1 aliphatic carbocycles. The molecular weight excluding hydrogens is 496 g/mol. The Morgan fingerprint density at radius 1 is 0.923 bits per heavy atom. The van der Waals surface area contributed by atoms with E-state index in [0.29, 0.717) is 5.69 Å². The molecule has 1 heterocycles. The van der Waals surface area contributed by atoms with E-state index in [1.807, 2.05) is 48.5 Å². The van der Waals surface area contributed by atoms with Crippen molar-refractivity contribution in [2.24, 2.45) is 0 Å². The number of aliphatic carboxylic acids is 1. The maximum atomic E-state index is 13.4. The van der Waals surface area contributed by atoms with E-state index >= 15 is 0 Å². The van der Waals surface area contributed by atoms with Crippen molar-refractivity contribution in [3.63, 3.8) is 0 Å². The van der Waals surface area contributed by atoms with Crippen molar-refractivity contribution in [1.82, 2.24) is 5.32 Å². The number of nitrogens with one attached hydrogen (secondary N) is 1. The first-order valence-corrected chi connectivity index (χ1v) is 13.1. The van der Waals surface area contributed by atoms with Gasteiger partial charge < -0.3 is 19.9 Å². The second kappa shape index (κ2) is 10.4. The van der Waals surface area contributed by atoms with Gasteiger partial charge in [-0.25, -0.2) is 14.4 Å². The summed E-state index contributed by atoms with van der Waals surface area (Å²) in [6.45, 7) is 5.56. The highest BCUT2D eigenvalue weighted by molar-refractivity contribution is 5.91. The lowest BCUT2D eigenvalue weighted by molar-refractivity contribution is -0.139. The Bertz CT molecular complexity index is 1370. The van der Waals surface area contributed by atoms with E-state index in [4.69, 9.17) is 9.47 Å². The number of carbonyl (C=O) groups is 3. The first-order valence-electron chi connectivity index (χ1n) is 13.1. The van der Waals surface area contributed by atoms with Gasteiger partial charge in [-0.3, -0.25) is 4.90 Å². The summed E-state index contributed by atoms with van der Waals surface area (Å²) in [6, 6.07) is 22.5. The van der Waals surface area contributed by atoms with Gasteiger partial charge in [-0.15, -0.1) is 0 Å². The van der Waals surface area contributed by atoms with E-state index in [1.54, 1.807) is 25.7 Å². The number of hydrogen-bond donors (Lipinski definition) is 2. The number of ether oxygens (including phenoxy) is 2. The monoisotopic (exact) mass is 528 g/mol. The van der Waals surface area contributed by atoms with Crippen LogP contribution in [0.25, 0.3) is 11.1 Å². The average Bonchev–Trinajstić information content (AvgIpc) is 3.42. The summed E-state index contributed by atoms with van der Waals surface area (Å²) in [5, 5.41) is 12.3. The van der Waals surface area contributed by atoms with Crippen LogP contribution in [0.4, 0.5) is 15.3 Å². The minimum absolute atomic E-state index is 0.0654. The topological polar surface area (TPSA) is 105 Å². The Labute approximate surface area is 227 Å². The maximum absolute atomic E-state index is 13.4. The summed E-state index contributed by atoms with van der Waals surface area (Å²) in [4.78, 5) is 39.2. The number of amides is 2. The highest BCUT2D eigenvalue weighted by atomic mass is 16.6. The molecule has 0 spiro atoms. The molecule has 0 radical (unpaired) electrons. The standard InChI is InChI=1S/C31H32N2O6/c1-31(2,3)39-29(36)32-26(28(34)35)16-19-17-33(27-15-9-8-10-20(19)27)30(37)38-18-25-23-13-6-4-11-21(23)22-12-5-7-14-24(22)25/h4-15,19,25-26H,16-18H2,1-3H3,(H,32,36)(H,34,35)/t19?,26-/m0/s1. The van der Waals surface area contributed by atoms with Crippen LogP contribution in [0.3, 0.4) is 0 Å². The minimum Gasteiger partial charge on any atom is -0.480 e. The number of hydrogen-bond acceptors (Lipinski definition) is 5. The van der Waals surface area contributed by atoms with Crippen molar-refractivity contribution < 1.29 is 29.0 Å². The zero-order chi connectivity index (χ0) is 27.7. The number of para-hydroxylation sites is 1. The molecule has 1 aliphatic heterocycles. The predicted molar refractivity (Wildman–Crippen MR) is 147 cm³/mol. The molecule has 3 aromatic carbocycles. The van der Waals surface area contributed by atoms with Gasteiger partial charge in [-0.2, -0.15) is 0 Å². The summed E-state index contributed by atoms with van der Waals surface area (Å²) in [6.07, 6.45) is -1.19. The molecule has 2 aliphatic rings. The Balaban J connectivity index is 1.30. The number of alkyl carbamates (subject to hydrolysis) is 1. The third kappa shape index (κ3) is 5.46. The molecule has 2 atom stereocenters. The zero-order valence-corrected chi connectivity index (χ0v) is 22.2. The second-order valence-corrected chi connectivity index (χ2v) is 10.9. The van der Waals surface area contributed by atoms with Gasteiger partial charge >= 0.3 is 18.2 Å². The number of carboxylic acid groups (broad SMARTS) is 1. The summed E-state index contributed by atoms with van der Waals surface area (Å²) in [5.41, 5.74) is 5.32. The van der Waals surface area contributed by atoms with E-state index in [-0.39, 0.29) is 31.4 Å². The lowest BCUT2D eigenvalue weighted by atomic mass is 9.94. The molecule has 2 amide bonds. The molecule has 3 aromatic rings. The molecule has 8 nitrogen and oxygen atoms in total. The van der Waals surface area contributed by atoms with Gasteiger partial charge in [0.05, 0.1) is 5.69 Å². The quantitative estimate of drug-likeness (QED) is 0.412. The Kier molecular flexibility index (Phi) is 7.04. The van der Waals surface area contributed by atoms with Crippen molar-refractivity contribution in [2.45, 2.75) is 50.7 Å². The normalized spacial score (nSPS) is 16.6. The predicted octanol–water partition coefficient (Wildman–Crippen LogP) is 5.91. The Morgan fingerprint density at radius 2 is 1.49 bits per heavy atom. The lowest BCUT2D eigenvalue weighted by Crippen LogP contribution is -2.44. The molecule has 2 N–H and O–H groups in total. The number of fused-ring (bicyclic) bond motifs is 4. The number of carboxylic acids is 1. The van der Waals surface area contributed by atoms with Gasteiger partial charge in [0.15, 0.2) is 0 Å². The highest BCUT2D eigenvalue weighted by Crippen LogP contribution is 2.45. The van der Waals surface area contributed by atoms with Gasteiger partial charge in [0, 0.05) is 18.4 Å². The van der Waals surface area contributed by atoms with Crippen LogP contribution in [0.15, 0.2) is 72.8 Å². The fourth-order valence-corrected chi connectivity index (χ4v) is 5.50. The SMILES string of the molecule is CC(C)(C)OC(=O)N[C@@H](CC1CN(C(=O)OCC2c3ccccc3-c3ccccc32)c2ccccc21)C(=O)O. The van der Waals surface area contributed by atoms with E-state index in [9.17, 15) is 19.5 Å². The Morgan fingerprint density at radius 3 is 2.08 bits per heavy atom. The van der Waals surface area contributed by atoms with Crippen molar-refractivity contribution in [3.05, 3.63) is 89.5 Å². The van der Waals surface area contributed by atoms with Crippen LogP contribution in [0.5, 0.6) is 0 Å². The van der Waals surface area contributed by atoms with Crippen LogP contribution >= 0.6 is 0 Å². The molecule has 0 fully saturated rings. The van der Waals surface area contributed by atoms with Crippen molar-refractivity contribution in [2.75, 3.05) is 18.1 Å². The molecule has 5 rings (SSSR count). The minimum atomic E-state index is -1.18. The van der Waals surface area contributed by atoms with Crippen LogP contribution < -0.4 is 10.2 Å². The molecule has 8 heteroatoms. The van der Waals surface area contributed by atoms with E-state index in [0.717, 1.165) is 27.8 Å². The maximum Gasteiger partial charge on any atom is 0.414 e. The molecule has 202 valence electrons.